The second-order valence-electron chi connectivity index (χ2n) is 7.39. The van der Waals surface area contributed by atoms with E-state index in [1.54, 1.807) is 25.1 Å². The van der Waals surface area contributed by atoms with Crippen molar-refractivity contribution < 1.29 is 28.2 Å². The normalized spacial score (nSPS) is 18.6. The molecule has 7 nitrogen and oxygen atoms in total. The maximum Gasteiger partial charge on any atom is 0.343 e. The highest BCUT2D eigenvalue weighted by Crippen LogP contribution is 2.34. The Kier molecular flexibility index (Phi) is 4.44. The van der Waals surface area contributed by atoms with Gasteiger partial charge in [0.2, 0.25) is 0 Å². The van der Waals surface area contributed by atoms with Gasteiger partial charge < -0.3 is 28.2 Å². The summed E-state index contributed by atoms with van der Waals surface area (Å²) in [6.07, 6.45) is -0.127. The predicted molar refractivity (Wildman–Crippen MR) is 102 cm³/mol. The third kappa shape index (κ3) is 3.39. The molecule has 3 aromatic rings. The molecule has 1 atom stereocenters. The number of hydrogen-bond acceptors (Lipinski definition) is 7. The fourth-order valence-electron chi connectivity index (χ4n) is 3.22. The second kappa shape index (κ2) is 6.68. The van der Waals surface area contributed by atoms with Crippen molar-refractivity contribution in [3.8, 4) is 23.0 Å². The van der Waals surface area contributed by atoms with Crippen molar-refractivity contribution in [1.82, 2.24) is 0 Å². The molecule has 28 heavy (non-hydrogen) atoms. The van der Waals surface area contributed by atoms with Gasteiger partial charge >= 0.3 is 5.63 Å². The molecule has 0 spiro atoms. The summed E-state index contributed by atoms with van der Waals surface area (Å²) in [7, 11) is 0. The third-order valence-electron chi connectivity index (χ3n) is 4.77. The van der Waals surface area contributed by atoms with Gasteiger partial charge in [0.1, 0.15) is 29.8 Å². The molecule has 2 aromatic heterocycles. The van der Waals surface area contributed by atoms with Crippen LogP contribution in [0.5, 0.6) is 11.5 Å². The van der Waals surface area contributed by atoms with Crippen LogP contribution in [0.2, 0.25) is 0 Å². The van der Waals surface area contributed by atoms with E-state index in [1.807, 2.05) is 19.9 Å². The van der Waals surface area contributed by atoms with Crippen molar-refractivity contribution in [3.63, 3.8) is 0 Å². The molecule has 1 unspecified atom stereocenters. The van der Waals surface area contributed by atoms with E-state index in [9.17, 15) is 9.90 Å². The number of fused-ring (bicyclic) bond motifs is 1. The van der Waals surface area contributed by atoms with Gasteiger partial charge in [0.25, 0.3) is 0 Å². The van der Waals surface area contributed by atoms with Gasteiger partial charge in [-0.05, 0) is 52.0 Å². The summed E-state index contributed by atoms with van der Waals surface area (Å²) in [5, 5.41) is 10.9. The Balaban J connectivity index is 1.58. The SMILES string of the molecule is Cc1c(-c2cc3cc(OCC4COC(C)(C)O4)ccc3o2)oc(=O)c(C)c1O. The summed E-state index contributed by atoms with van der Waals surface area (Å²) in [5.41, 5.74) is 0.651. The lowest BCUT2D eigenvalue weighted by molar-refractivity contribution is -0.141. The first-order valence-electron chi connectivity index (χ1n) is 9.05. The third-order valence-corrected chi connectivity index (χ3v) is 4.77. The molecular weight excluding hydrogens is 364 g/mol. The largest absolute Gasteiger partial charge is 0.507 e. The van der Waals surface area contributed by atoms with Crippen LogP contribution >= 0.6 is 0 Å². The molecule has 1 aliphatic rings. The summed E-state index contributed by atoms with van der Waals surface area (Å²) in [6.45, 7) is 7.79. The Labute approximate surface area is 161 Å². The van der Waals surface area contributed by atoms with Gasteiger partial charge in [-0.15, -0.1) is 0 Å². The van der Waals surface area contributed by atoms with Crippen LogP contribution in [0.4, 0.5) is 0 Å². The Hall–Kier alpha value is -2.77. The van der Waals surface area contributed by atoms with E-state index in [2.05, 4.69) is 0 Å². The van der Waals surface area contributed by atoms with Crippen molar-refractivity contribution in [2.75, 3.05) is 13.2 Å². The van der Waals surface area contributed by atoms with Crippen molar-refractivity contribution in [1.29, 1.82) is 0 Å². The average Bonchev–Trinajstić information content (AvgIpc) is 3.23. The fourth-order valence-corrected chi connectivity index (χ4v) is 3.22. The maximum atomic E-state index is 11.9. The molecule has 1 saturated heterocycles. The number of rotatable bonds is 4. The van der Waals surface area contributed by atoms with Gasteiger partial charge in [0.15, 0.2) is 17.3 Å². The molecular formula is C21H22O7. The predicted octanol–water partition coefficient (Wildman–Crippen LogP) is 3.91. The van der Waals surface area contributed by atoms with E-state index in [0.717, 1.165) is 5.39 Å². The van der Waals surface area contributed by atoms with E-state index in [0.29, 0.717) is 35.9 Å². The number of benzene rings is 1. The Morgan fingerprint density at radius 3 is 2.68 bits per heavy atom. The van der Waals surface area contributed by atoms with Crippen LogP contribution in [-0.4, -0.2) is 30.2 Å². The molecule has 0 aliphatic carbocycles. The Bertz CT molecular complexity index is 1090. The smallest absolute Gasteiger partial charge is 0.343 e. The molecule has 148 valence electrons. The zero-order valence-corrected chi connectivity index (χ0v) is 16.2. The first-order chi connectivity index (χ1) is 13.2. The first kappa shape index (κ1) is 18.6. The van der Waals surface area contributed by atoms with E-state index >= 15 is 0 Å². The van der Waals surface area contributed by atoms with Crippen LogP contribution in [0.3, 0.4) is 0 Å². The highest BCUT2D eigenvalue weighted by Gasteiger charge is 2.33. The van der Waals surface area contributed by atoms with Crippen LogP contribution in [-0.2, 0) is 9.47 Å². The Morgan fingerprint density at radius 2 is 1.96 bits per heavy atom. The second-order valence-corrected chi connectivity index (χ2v) is 7.39. The zero-order chi connectivity index (χ0) is 20.1. The minimum absolute atomic E-state index is 0.0857. The minimum atomic E-state index is -0.593. The minimum Gasteiger partial charge on any atom is -0.507 e. The van der Waals surface area contributed by atoms with Gasteiger partial charge in [-0.1, -0.05) is 0 Å². The van der Waals surface area contributed by atoms with Crippen molar-refractivity contribution in [2.24, 2.45) is 0 Å². The molecule has 1 N–H and O–H groups in total. The van der Waals surface area contributed by atoms with Crippen LogP contribution in [0.15, 0.2) is 37.9 Å². The quantitative estimate of drug-likeness (QED) is 0.727. The van der Waals surface area contributed by atoms with E-state index in [-0.39, 0.29) is 23.2 Å². The van der Waals surface area contributed by atoms with Gasteiger partial charge in [-0.25, -0.2) is 4.79 Å². The van der Waals surface area contributed by atoms with Gasteiger partial charge in [-0.2, -0.15) is 0 Å². The number of aromatic hydroxyl groups is 1. The lowest BCUT2D eigenvalue weighted by Crippen LogP contribution is -2.25. The standard InChI is InChI=1S/C21H22O7/c1-11-18(22)12(2)20(23)27-19(11)17-8-13-7-14(5-6-16(13)26-17)24-9-15-10-25-21(3,4)28-15/h5-8,15,22H,9-10H2,1-4H3. The summed E-state index contributed by atoms with van der Waals surface area (Å²) < 4.78 is 28.2. The maximum absolute atomic E-state index is 11.9. The van der Waals surface area contributed by atoms with Gasteiger partial charge in [-0.3, -0.25) is 0 Å². The summed E-state index contributed by atoms with van der Waals surface area (Å²) in [5.74, 6) is 0.575. The molecule has 3 heterocycles. The lowest BCUT2D eigenvalue weighted by Gasteiger charge is -2.17. The van der Waals surface area contributed by atoms with Gasteiger partial charge in [0.05, 0.1) is 12.2 Å². The highest BCUT2D eigenvalue weighted by molar-refractivity contribution is 5.84. The molecule has 0 saturated carbocycles. The summed E-state index contributed by atoms with van der Waals surface area (Å²) in [4.78, 5) is 11.9. The fraction of sp³-hybridized carbons (Fsp3) is 0.381. The topological polar surface area (TPSA) is 91.3 Å². The monoisotopic (exact) mass is 386 g/mol. The van der Waals surface area contributed by atoms with Crippen molar-refractivity contribution in [2.45, 2.75) is 39.6 Å². The van der Waals surface area contributed by atoms with E-state index < -0.39 is 11.4 Å². The molecule has 1 fully saturated rings. The van der Waals surface area contributed by atoms with Crippen molar-refractivity contribution in [3.05, 3.63) is 45.8 Å². The van der Waals surface area contributed by atoms with Gasteiger partial charge in [0, 0.05) is 10.9 Å². The molecule has 0 bridgehead atoms. The molecule has 1 aromatic carbocycles. The molecule has 0 radical (unpaired) electrons. The average molecular weight is 386 g/mol. The highest BCUT2D eigenvalue weighted by atomic mass is 16.7. The molecule has 1 aliphatic heterocycles. The van der Waals surface area contributed by atoms with Crippen LogP contribution in [0, 0.1) is 13.8 Å². The number of ether oxygens (including phenoxy) is 3. The number of furan rings is 1. The summed E-state index contributed by atoms with van der Waals surface area (Å²) in [6, 6.07) is 7.17. The lowest BCUT2D eigenvalue weighted by atomic mass is 10.1. The number of hydrogen-bond donors (Lipinski definition) is 1. The molecule has 0 amide bonds. The molecule has 7 heteroatoms. The van der Waals surface area contributed by atoms with E-state index in [4.69, 9.17) is 23.0 Å². The van der Waals surface area contributed by atoms with Crippen LogP contribution in [0.25, 0.3) is 22.5 Å². The Morgan fingerprint density at radius 1 is 1.18 bits per heavy atom. The summed E-state index contributed by atoms with van der Waals surface area (Å²) >= 11 is 0. The van der Waals surface area contributed by atoms with Crippen molar-refractivity contribution >= 4 is 11.0 Å². The zero-order valence-electron chi connectivity index (χ0n) is 16.2. The van der Waals surface area contributed by atoms with Crippen LogP contribution in [0.1, 0.15) is 25.0 Å². The molecule has 4 rings (SSSR count). The van der Waals surface area contributed by atoms with Crippen LogP contribution < -0.4 is 10.4 Å². The van der Waals surface area contributed by atoms with E-state index in [1.165, 1.54) is 6.92 Å². The first-order valence-corrected chi connectivity index (χ1v) is 9.05.